The zero-order valence-electron chi connectivity index (χ0n) is 24.0. The number of aryl methyl sites for hydroxylation is 1. The monoisotopic (exact) mass is 575 g/mol. The van der Waals surface area contributed by atoms with Crippen LogP contribution in [0.4, 0.5) is 18.9 Å². The third kappa shape index (κ3) is 5.90. The predicted molar refractivity (Wildman–Crippen MR) is 143 cm³/mol. The molecule has 0 bridgehead atoms. The van der Waals surface area contributed by atoms with E-state index in [4.69, 9.17) is 0 Å². The molecule has 6 atom stereocenters. The van der Waals surface area contributed by atoms with Crippen molar-refractivity contribution < 1.29 is 32.3 Å². The Balaban J connectivity index is 1.52. The number of benzene rings is 1. The minimum atomic E-state index is -5.18. The fraction of sp³-hybridized carbons (Fsp3) is 0.621. The van der Waals surface area contributed by atoms with E-state index in [1.165, 1.54) is 25.7 Å². The van der Waals surface area contributed by atoms with E-state index in [9.17, 15) is 37.6 Å². The molecule has 41 heavy (non-hydrogen) atoms. The number of halogens is 3. The number of rotatable bonds is 6. The van der Waals surface area contributed by atoms with Crippen molar-refractivity contribution >= 4 is 29.3 Å². The van der Waals surface area contributed by atoms with Crippen LogP contribution in [-0.2, 0) is 25.6 Å². The molecule has 3 aliphatic rings. The molecule has 9 nitrogen and oxygen atoms in total. The second-order valence-corrected chi connectivity index (χ2v) is 13.1. The average Bonchev–Trinajstić information content (AvgIpc) is 3.19. The van der Waals surface area contributed by atoms with Gasteiger partial charge >= 0.3 is 12.1 Å². The summed E-state index contributed by atoms with van der Waals surface area (Å²) in [5.74, 6) is -4.78. The fourth-order valence-electron chi connectivity index (χ4n) is 6.32. The van der Waals surface area contributed by atoms with E-state index in [0.29, 0.717) is 12.1 Å². The Labute approximate surface area is 237 Å². The third-order valence-electron chi connectivity index (χ3n) is 8.75. The molecule has 0 spiro atoms. The van der Waals surface area contributed by atoms with Crippen molar-refractivity contribution in [2.45, 2.75) is 78.7 Å². The number of anilines is 1. The highest BCUT2D eigenvalue weighted by molar-refractivity contribution is 5.96. The fourth-order valence-corrected chi connectivity index (χ4v) is 6.32. The van der Waals surface area contributed by atoms with Crippen molar-refractivity contribution in [3.05, 3.63) is 29.3 Å². The summed E-state index contributed by atoms with van der Waals surface area (Å²) in [6.45, 7) is 10.6. The van der Waals surface area contributed by atoms with Gasteiger partial charge in [0, 0.05) is 18.2 Å². The van der Waals surface area contributed by atoms with Crippen LogP contribution in [0.1, 0.15) is 52.2 Å². The SMILES string of the molecule is Cc1ccc2c(c1)C[C@H](C[C@@H](C#N)NC(=O)[C@@H]1[C@H]3[C@H](CN1C(=O)[C@@H](NC(=O)C(F)(F)F)C(C)(C)C)C3(C)C)C(=O)N2. The summed E-state index contributed by atoms with van der Waals surface area (Å²) in [6, 6.07) is 4.11. The summed E-state index contributed by atoms with van der Waals surface area (Å²) >= 11 is 0. The highest BCUT2D eigenvalue weighted by Gasteiger charge is 2.70. The second-order valence-electron chi connectivity index (χ2n) is 13.1. The average molecular weight is 576 g/mol. The zero-order chi connectivity index (χ0) is 30.7. The van der Waals surface area contributed by atoms with Crippen LogP contribution in [0, 0.1) is 46.8 Å². The van der Waals surface area contributed by atoms with Crippen LogP contribution in [0.3, 0.4) is 0 Å². The number of fused-ring (bicyclic) bond motifs is 2. The molecular formula is C29H36F3N5O4. The topological polar surface area (TPSA) is 131 Å². The van der Waals surface area contributed by atoms with Crippen molar-refractivity contribution in [2.75, 3.05) is 11.9 Å². The van der Waals surface area contributed by atoms with Gasteiger partial charge in [-0.2, -0.15) is 18.4 Å². The number of alkyl halides is 3. The number of nitrogens with zero attached hydrogens (tertiary/aromatic N) is 2. The summed E-state index contributed by atoms with van der Waals surface area (Å²) < 4.78 is 39.2. The molecule has 1 aromatic rings. The molecule has 0 aromatic heterocycles. The molecule has 2 aliphatic heterocycles. The maximum absolute atomic E-state index is 13.7. The Morgan fingerprint density at radius 1 is 1.20 bits per heavy atom. The number of likely N-dealkylation sites (tertiary alicyclic amines) is 1. The van der Waals surface area contributed by atoms with Crippen LogP contribution in [0.15, 0.2) is 18.2 Å². The van der Waals surface area contributed by atoms with E-state index < -0.39 is 53.4 Å². The molecular weight excluding hydrogens is 539 g/mol. The lowest BCUT2D eigenvalue weighted by atomic mass is 9.85. The van der Waals surface area contributed by atoms with E-state index in [-0.39, 0.29) is 36.1 Å². The lowest BCUT2D eigenvalue weighted by molar-refractivity contribution is -0.176. The minimum absolute atomic E-state index is 0.0475. The number of piperidine rings is 1. The molecule has 2 heterocycles. The van der Waals surface area contributed by atoms with Crippen molar-refractivity contribution in [1.82, 2.24) is 15.5 Å². The Morgan fingerprint density at radius 3 is 2.44 bits per heavy atom. The van der Waals surface area contributed by atoms with Gasteiger partial charge in [-0.15, -0.1) is 0 Å². The van der Waals surface area contributed by atoms with Gasteiger partial charge in [0.15, 0.2) is 0 Å². The van der Waals surface area contributed by atoms with Gasteiger partial charge in [0.2, 0.25) is 17.7 Å². The van der Waals surface area contributed by atoms with Gasteiger partial charge in [0.05, 0.1) is 6.07 Å². The van der Waals surface area contributed by atoms with Crippen LogP contribution in [0.2, 0.25) is 0 Å². The molecule has 0 unspecified atom stereocenters. The molecule has 1 saturated carbocycles. The summed E-state index contributed by atoms with van der Waals surface area (Å²) in [5, 5.41) is 17.2. The number of hydrogen-bond donors (Lipinski definition) is 3. The van der Waals surface area contributed by atoms with Crippen molar-refractivity contribution in [2.24, 2.45) is 28.6 Å². The van der Waals surface area contributed by atoms with Crippen LogP contribution in [-0.4, -0.2) is 59.4 Å². The van der Waals surface area contributed by atoms with Crippen LogP contribution < -0.4 is 16.0 Å². The van der Waals surface area contributed by atoms with Crippen LogP contribution in [0.5, 0.6) is 0 Å². The van der Waals surface area contributed by atoms with Crippen LogP contribution >= 0.6 is 0 Å². The highest BCUT2D eigenvalue weighted by atomic mass is 19.4. The first-order valence-electron chi connectivity index (χ1n) is 13.6. The van der Waals surface area contributed by atoms with Gasteiger partial charge in [-0.05, 0) is 54.1 Å². The van der Waals surface area contributed by atoms with Gasteiger partial charge in [-0.1, -0.05) is 52.3 Å². The molecule has 222 valence electrons. The Morgan fingerprint density at radius 2 is 1.85 bits per heavy atom. The first-order chi connectivity index (χ1) is 18.9. The largest absolute Gasteiger partial charge is 0.471 e. The summed E-state index contributed by atoms with van der Waals surface area (Å²) in [4.78, 5) is 53.1. The maximum atomic E-state index is 13.7. The Kier molecular flexibility index (Phi) is 7.65. The van der Waals surface area contributed by atoms with E-state index in [1.54, 1.807) is 0 Å². The maximum Gasteiger partial charge on any atom is 0.471 e. The number of carbonyl (C=O) groups is 4. The molecule has 1 saturated heterocycles. The predicted octanol–water partition coefficient (Wildman–Crippen LogP) is 3.08. The first kappa shape index (κ1) is 30.3. The van der Waals surface area contributed by atoms with Crippen molar-refractivity contribution in [3.63, 3.8) is 0 Å². The Bertz CT molecular complexity index is 1310. The highest BCUT2D eigenvalue weighted by Crippen LogP contribution is 2.65. The minimum Gasteiger partial charge on any atom is -0.339 e. The number of amides is 4. The number of carbonyl (C=O) groups excluding carboxylic acids is 4. The number of nitrogens with one attached hydrogen (secondary N) is 3. The van der Waals surface area contributed by atoms with E-state index in [1.807, 2.05) is 50.4 Å². The number of hydrogen-bond acceptors (Lipinski definition) is 5. The van der Waals surface area contributed by atoms with Gasteiger partial charge < -0.3 is 20.9 Å². The smallest absolute Gasteiger partial charge is 0.339 e. The molecule has 3 N–H and O–H groups in total. The van der Waals surface area contributed by atoms with Gasteiger partial charge in [-0.3, -0.25) is 19.2 Å². The molecule has 12 heteroatoms. The normalized spacial score (nSPS) is 26.0. The molecule has 0 radical (unpaired) electrons. The standard InChI is InChI=1S/C29H36F3N5O4/c1-14-7-8-19-15(9-14)10-16(23(38)35-19)11-17(12-33)34-24(39)21-20-18(28(20,5)6)13-37(21)25(40)22(27(2,3)4)36-26(41)29(30,31)32/h7-9,16-18,20-22H,10-11,13H2,1-6H3,(H,34,39)(H,35,38)(H,36,41)/t16-,17+,18+,20-,21+,22-/m1/s1. The van der Waals surface area contributed by atoms with E-state index in [0.717, 1.165) is 11.1 Å². The quantitative estimate of drug-likeness (QED) is 0.480. The summed E-state index contributed by atoms with van der Waals surface area (Å²) in [7, 11) is 0. The van der Waals surface area contributed by atoms with Gasteiger partial charge in [-0.25, -0.2) is 0 Å². The van der Waals surface area contributed by atoms with Crippen LogP contribution in [0.25, 0.3) is 0 Å². The molecule has 2 fully saturated rings. The van der Waals surface area contributed by atoms with Gasteiger partial charge in [0.25, 0.3) is 0 Å². The van der Waals surface area contributed by atoms with Crippen molar-refractivity contribution in [1.29, 1.82) is 5.26 Å². The lowest BCUT2D eigenvalue weighted by Crippen LogP contribution is -2.61. The first-order valence-corrected chi connectivity index (χ1v) is 13.6. The van der Waals surface area contributed by atoms with E-state index >= 15 is 0 Å². The summed E-state index contributed by atoms with van der Waals surface area (Å²) in [5.41, 5.74) is 1.29. The zero-order valence-corrected chi connectivity index (χ0v) is 24.0. The lowest BCUT2D eigenvalue weighted by Gasteiger charge is -2.38. The van der Waals surface area contributed by atoms with Gasteiger partial charge in [0.1, 0.15) is 18.1 Å². The Hall–Kier alpha value is -3.62. The third-order valence-corrected chi connectivity index (χ3v) is 8.75. The molecule has 1 aliphatic carbocycles. The molecule has 4 rings (SSSR count). The van der Waals surface area contributed by atoms with Crippen molar-refractivity contribution in [3.8, 4) is 6.07 Å². The molecule has 1 aromatic carbocycles. The number of nitriles is 1. The summed E-state index contributed by atoms with van der Waals surface area (Å²) in [6.07, 6.45) is -4.74. The molecule has 4 amide bonds. The van der Waals surface area contributed by atoms with E-state index in [2.05, 4.69) is 10.6 Å². The second kappa shape index (κ2) is 10.3.